The predicted octanol–water partition coefficient (Wildman–Crippen LogP) is 2.58. The summed E-state index contributed by atoms with van der Waals surface area (Å²) in [5, 5.41) is 20.6. The molecule has 2 rings (SSSR count). The van der Waals surface area contributed by atoms with E-state index in [1.165, 1.54) is 6.07 Å². The zero-order valence-electron chi connectivity index (χ0n) is 8.68. The second-order valence-corrected chi connectivity index (χ2v) is 3.73. The number of H-pyrrole nitrogens is 1. The van der Waals surface area contributed by atoms with Crippen LogP contribution >= 0.6 is 11.6 Å². The molecular weight excluding hydrogens is 244 g/mol. The maximum absolute atomic E-state index is 10.8. The zero-order valence-corrected chi connectivity index (χ0v) is 9.44. The van der Waals surface area contributed by atoms with Crippen LogP contribution in [-0.4, -0.2) is 15.1 Å². The molecule has 0 saturated heterocycles. The lowest BCUT2D eigenvalue weighted by Gasteiger charge is -2.07. The van der Waals surface area contributed by atoms with E-state index in [1.54, 1.807) is 24.4 Å². The lowest BCUT2D eigenvalue weighted by Crippen LogP contribution is -2.03. The van der Waals surface area contributed by atoms with E-state index < -0.39 is 4.92 Å². The van der Waals surface area contributed by atoms with Crippen LogP contribution in [0.15, 0.2) is 30.5 Å². The molecule has 0 aliphatic rings. The first-order chi connectivity index (χ1) is 8.18. The molecule has 0 atom stereocenters. The fraction of sp³-hybridized carbons (Fsp3) is 0.100. The summed E-state index contributed by atoms with van der Waals surface area (Å²) in [6, 6.07) is 6.32. The number of para-hydroxylation sites is 1. The second-order valence-electron chi connectivity index (χ2n) is 3.33. The van der Waals surface area contributed by atoms with E-state index in [0.717, 1.165) is 5.69 Å². The summed E-state index contributed by atoms with van der Waals surface area (Å²) in [5.41, 5.74) is 1.09. The monoisotopic (exact) mass is 252 g/mol. The highest BCUT2D eigenvalue weighted by molar-refractivity contribution is 6.33. The highest BCUT2D eigenvalue weighted by Gasteiger charge is 2.16. The minimum Gasteiger partial charge on any atom is -0.373 e. The highest BCUT2D eigenvalue weighted by Crippen LogP contribution is 2.31. The standard InChI is InChI=1S/C10H9ClN4O2/c11-8-2-1-3-9(15(16)17)10(8)12-6-7-4-5-13-14-7/h1-5,12H,6H2,(H,13,14). The summed E-state index contributed by atoms with van der Waals surface area (Å²) in [5.74, 6) is 0. The van der Waals surface area contributed by atoms with Gasteiger partial charge in [0.05, 0.1) is 22.2 Å². The average molecular weight is 253 g/mol. The molecule has 7 heteroatoms. The number of nitro groups is 1. The molecule has 2 aromatic rings. The number of aromatic nitrogens is 2. The fourth-order valence-corrected chi connectivity index (χ4v) is 1.64. The molecule has 0 saturated carbocycles. The van der Waals surface area contributed by atoms with E-state index in [1.807, 2.05) is 0 Å². The minimum absolute atomic E-state index is 0.0444. The number of nitrogens with zero attached hydrogens (tertiary/aromatic N) is 2. The second kappa shape index (κ2) is 4.84. The third-order valence-electron chi connectivity index (χ3n) is 2.20. The Bertz CT molecular complexity index is 527. The van der Waals surface area contributed by atoms with Crippen molar-refractivity contribution >= 4 is 23.0 Å². The third kappa shape index (κ3) is 2.54. The van der Waals surface area contributed by atoms with Gasteiger partial charge in [-0.25, -0.2) is 0 Å². The summed E-state index contributed by atoms with van der Waals surface area (Å²) in [6.07, 6.45) is 1.61. The van der Waals surface area contributed by atoms with Gasteiger partial charge in [0.2, 0.25) is 0 Å². The molecule has 88 valence electrons. The van der Waals surface area contributed by atoms with Crippen molar-refractivity contribution in [3.8, 4) is 0 Å². The van der Waals surface area contributed by atoms with E-state index in [2.05, 4.69) is 15.5 Å². The van der Waals surface area contributed by atoms with Gasteiger partial charge in [-0.05, 0) is 12.1 Å². The number of aromatic amines is 1. The quantitative estimate of drug-likeness (QED) is 0.647. The Kier molecular flexibility index (Phi) is 3.24. The number of benzene rings is 1. The first-order valence-corrected chi connectivity index (χ1v) is 5.21. The van der Waals surface area contributed by atoms with Gasteiger partial charge in [-0.2, -0.15) is 5.10 Å². The summed E-state index contributed by atoms with van der Waals surface area (Å²) in [7, 11) is 0. The minimum atomic E-state index is -0.471. The van der Waals surface area contributed by atoms with E-state index in [0.29, 0.717) is 17.3 Å². The van der Waals surface area contributed by atoms with Crippen molar-refractivity contribution in [1.82, 2.24) is 10.2 Å². The van der Waals surface area contributed by atoms with Gasteiger partial charge in [0.15, 0.2) is 0 Å². The van der Waals surface area contributed by atoms with E-state index >= 15 is 0 Å². The number of rotatable bonds is 4. The van der Waals surface area contributed by atoms with Gasteiger partial charge in [-0.15, -0.1) is 0 Å². The normalized spacial score (nSPS) is 10.2. The van der Waals surface area contributed by atoms with Crippen LogP contribution in [0.2, 0.25) is 5.02 Å². The molecule has 1 heterocycles. The number of hydrogen-bond acceptors (Lipinski definition) is 4. The van der Waals surface area contributed by atoms with Crippen molar-refractivity contribution in [3.05, 3.63) is 51.3 Å². The van der Waals surface area contributed by atoms with Crippen molar-refractivity contribution in [3.63, 3.8) is 0 Å². The molecule has 0 spiro atoms. The Morgan fingerprint density at radius 1 is 1.47 bits per heavy atom. The van der Waals surface area contributed by atoms with Crippen LogP contribution in [0.4, 0.5) is 11.4 Å². The van der Waals surface area contributed by atoms with Gasteiger partial charge in [-0.3, -0.25) is 15.2 Å². The molecule has 0 radical (unpaired) electrons. The Labute approximate surface area is 102 Å². The third-order valence-corrected chi connectivity index (χ3v) is 2.52. The summed E-state index contributed by atoms with van der Waals surface area (Å²) < 4.78 is 0. The average Bonchev–Trinajstić information content (AvgIpc) is 2.80. The Morgan fingerprint density at radius 2 is 2.29 bits per heavy atom. The molecule has 6 nitrogen and oxygen atoms in total. The molecule has 1 aromatic carbocycles. The number of hydrogen-bond donors (Lipinski definition) is 2. The van der Waals surface area contributed by atoms with Crippen LogP contribution in [0.25, 0.3) is 0 Å². The smallest absolute Gasteiger partial charge is 0.293 e. The molecule has 17 heavy (non-hydrogen) atoms. The van der Waals surface area contributed by atoms with Crippen molar-refractivity contribution in [2.75, 3.05) is 5.32 Å². The Hall–Kier alpha value is -2.08. The van der Waals surface area contributed by atoms with Crippen molar-refractivity contribution in [1.29, 1.82) is 0 Å². The molecule has 0 amide bonds. The van der Waals surface area contributed by atoms with E-state index in [-0.39, 0.29) is 5.69 Å². The first-order valence-electron chi connectivity index (χ1n) is 4.83. The van der Waals surface area contributed by atoms with Crippen LogP contribution in [-0.2, 0) is 6.54 Å². The molecule has 1 aromatic heterocycles. The van der Waals surface area contributed by atoms with Crippen molar-refractivity contribution in [2.24, 2.45) is 0 Å². The lowest BCUT2D eigenvalue weighted by molar-refractivity contribution is -0.383. The summed E-state index contributed by atoms with van der Waals surface area (Å²) >= 11 is 5.92. The highest BCUT2D eigenvalue weighted by atomic mass is 35.5. The number of halogens is 1. The largest absolute Gasteiger partial charge is 0.373 e. The van der Waals surface area contributed by atoms with Gasteiger partial charge in [0.1, 0.15) is 5.69 Å². The predicted molar refractivity (Wildman–Crippen MR) is 64.0 cm³/mol. The SMILES string of the molecule is O=[N+]([O-])c1cccc(Cl)c1NCc1ccn[nH]1. The number of nitrogens with one attached hydrogen (secondary N) is 2. The molecular formula is C10H9ClN4O2. The fourth-order valence-electron chi connectivity index (χ4n) is 1.41. The van der Waals surface area contributed by atoms with Crippen LogP contribution in [0.3, 0.4) is 0 Å². The molecule has 0 aliphatic carbocycles. The van der Waals surface area contributed by atoms with E-state index in [9.17, 15) is 10.1 Å². The Balaban J connectivity index is 2.22. The summed E-state index contributed by atoms with van der Waals surface area (Å²) in [4.78, 5) is 10.4. The molecule has 2 N–H and O–H groups in total. The van der Waals surface area contributed by atoms with Gasteiger partial charge >= 0.3 is 0 Å². The van der Waals surface area contributed by atoms with Crippen LogP contribution in [0.5, 0.6) is 0 Å². The summed E-state index contributed by atoms with van der Waals surface area (Å²) in [6.45, 7) is 0.393. The van der Waals surface area contributed by atoms with Crippen LogP contribution < -0.4 is 5.32 Å². The van der Waals surface area contributed by atoms with Crippen molar-refractivity contribution in [2.45, 2.75) is 6.54 Å². The van der Waals surface area contributed by atoms with Gasteiger partial charge in [-0.1, -0.05) is 17.7 Å². The van der Waals surface area contributed by atoms with E-state index in [4.69, 9.17) is 11.6 Å². The maximum atomic E-state index is 10.8. The maximum Gasteiger partial charge on any atom is 0.293 e. The first kappa shape index (κ1) is 11.4. The topological polar surface area (TPSA) is 83.8 Å². The van der Waals surface area contributed by atoms with Crippen LogP contribution in [0, 0.1) is 10.1 Å². The molecule has 0 fully saturated rings. The number of nitro benzene ring substituents is 1. The zero-order chi connectivity index (χ0) is 12.3. The van der Waals surface area contributed by atoms with Gasteiger partial charge in [0.25, 0.3) is 5.69 Å². The van der Waals surface area contributed by atoms with Gasteiger partial charge < -0.3 is 5.32 Å². The molecule has 0 aliphatic heterocycles. The molecule has 0 bridgehead atoms. The Morgan fingerprint density at radius 3 is 2.94 bits per heavy atom. The van der Waals surface area contributed by atoms with Crippen molar-refractivity contribution < 1.29 is 4.92 Å². The van der Waals surface area contributed by atoms with Crippen LogP contribution in [0.1, 0.15) is 5.69 Å². The van der Waals surface area contributed by atoms with Gasteiger partial charge in [0, 0.05) is 12.3 Å². The lowest BCUT2D eigenvalue weighted by atomic mass is 10.2. The molecule has 0 unspecified atom stereocenters. The number of anilines is 1.